The number of benzene rings is 2. The maximum atomic E-state index is 12.8. The summed E-state index contributed by atoms with van der Waals surface area (Å²) in [5.41, 5.74) is 18.3. The second-order valence-electron chi connectivity index (χ2n) is 10.1. The van der Waals surface area contributed by atoms with Crippen LogP contribution in [-0.2, 0) is 25.5 Å². The Morgan fingerprint density at radius 2 is 1.78 bits per heavy atom. The number of nitrogens with two attached hydrogens (primary N) is 3. The van der Waals surface area contributed by atoms with Gasteiger partial charge in [-0.2, -0.15) is 0 Å². The average Bonchev–Trinajstić information content (AvgIpc) is 2.99. The zero-order valence-electron chi connectivity index (χ0n) is 25.0. The van der Waals surface area contributed by atoms with Crippen LogP contribution in [0.1, 0.15) is 29.5 Å². The summed E-state index contributed by atoms with van der Waals surface area (Å²) in [7, 11) is 0. The minimum atomic E-state index is -0.844. The molecular formula is C31H39N7O7. The van der Waals surface area contributed by atoms with Crippen molar-refractivity contribution >= 4 is 46.4 Å². The van der Waals surface area contributed by atoms with Gasteiger partial charge in [-0.15, -0.1) is 0 Å². The predicted octanol–water partition coefficient (Wildman–Crippen LogP) is 0.433. The molecule has 0 aliphatic carbocycles. The average molecular weight is 622 g/mol. The summed E-state index contributed by atoms with van der Waals surface area (Å²) in [4.78, 5) is 54.0. The molecule has 0 spiro atoms. The first kappa shape index (κ1) is 34.1. The van der Waals surface area contributed by atoms with E-state index < -0.39 is 23.5 Å². The predicted molar refractivity (Wildman–Crippen MR) is 171 cm³/mol. The third-order valence-electron chi connectivity index (χ3n) is 6.66. The Morgan fingerprint density at radius 3 is 2.49 bits per heavy atom. The highest BCUT2D eigenvalue weighted by Gasteiger charge is 2.19. The highest BCUT2D eigenvalue weighted by Crippen LogP contribution is 2.21. The third kappa shape index (κ3) is 11.3. The molecule has 1 aromatic heterocycles. The highest BCUT2D eigenvalue weighted by molar-refractivity contribution is 5.95. The van der Waals surface area contributed by atoms with Crippen LogP contribution in [0.4, 0.5) is 5.69 Å². The summed E-state index contributed by atoms with van der Waals surface area (Å²) in [5.74, 6) is -1.20. The Balaban J connectivity index is 1.41. The van der Waals surface area contributed by atoms with Crippen molar-refractivity contribution in [2.24, 2.45) is 16.5 Å². The second-order valence-corrected chi connectivity index (χ2v) is 10.1. The van der Waals surface area contributed by atoms with Gasteiger partial charge in [-0.1, -0.05) is 12.1 Å². The molecule has 3 aromatic rings. The number of carbonyl (C=O) groups excluding carboxylic acids is 3. The first-order valence-corrected chi connectivity index (χ1v) is 14.3. The molecule has 0 aliphatic rings. The molecule has 0 radical (unpaired) electrons. The standard InChI is InChI=1S/C31H39N7O7/c1-19-23-10-7-21(32)17-26(23)45-30(43)24(19)18-28(41)35-13-15-44-16-14-36-29(42)25(3-2-12-37-31(33)34)38-27(40)11-6-20-4-8-22(39)9-5-20/h4-11,17,25,39H,2-3,12-16,18,32H2,1H3,(H,35,41)(H,36,42)(H,38,40)(H4,33,34,37)/b11-6-/t25-/m0/s1. The maximum Gasteiger partial charge on any atom is 0.340 e. The fourth-order valence-electron chi connectivity index (χ4n) is 4.32. The first-order chi connectivity index (χ1) is 21.5. The molecule has 0 unspecified atom stereocenters. The molecule has 1 heterocycles. The van der Waals surface area contributed by atoms with Gasteiger partial charge in [0.25, 0.3) is 0 Å². The number of guanidine groups is 1. The van der Waals surface area contributed by atoms with Gasteiger partial charge < -0.3 is 47.4 Å². The zero-order valence-corrected chi connectivity index (χ0v) is 25.0. The van der Waals surface area contributed by atoms with Crippen LogP contribution in [0.5, 0.6) is 5.75 Å². The van der Waals surface area contributed by atoms with E-state index in [-0.39, 0.29) is 62.3 Å². The van der Waals surface area contributed by atoms with Crippen molar-refractivity contribution in [3.63, 3.8) is 0 Å². The summed E-state index contributed by atoms with van der Waals surface area (Å²) in [5, 5.41) is 18.2. The number of nitrogens with one attached hydrogen (secondary N) is 3. The molecule has 14 heteroatoms. The van der Waals surface area contributed by atoms with Gasteiger partial charge in [0, 0.05) is 42.9 Å². The normalized spacial score (nSPS) is 11.7. The van der Waals surface area contributed by atoms with Gasteiger partial charge in [0.2, 0.25) is 17.7 Å². The van der Waals surface area contributed by atoms with Crippen molar-refractivity contribution in [2.75, 3.05) is 38.6 Å². The monoisotopic (exact) mass is 621 g/mol. The third-order valence-corrected chi connectivity index (χ3v) is 6.66. The molecule has 45 heavy (non-hydrogen) atoms. The summed E-state index contributed by atoms with van der Waals surface area (Å²) < 4.78 is 10.8. The number of aromatic hydroxyl groups is 1. The van der Waals surface area contributed by atoms with Crippen LogP contribution in [0, 0.1) is 6.92 Å². The number of aryl methyl sites for hydroxylation is 1. The van der Waals surface area contributed by atoms with E-state index in [0.717, 1.165) is 0 Å². The fraction of sp³-hybridized carbons (Fsp3) is 0.323. The van der Waals surface area contributed by atoms with E-state index in [1.165, 1.54) is 18.2 Å². The molecule has 3 rings (SSSR count). The number of fused-ring (bicyclic) bond motifs is 1. The fourth-order valence-corrected chi connectivity index (χ4v) is 4.32. The van der Waals surface area contributed by atoms with Gasteiger partial charge in [0.1, 0.15) is 17.4 Å². The number of nitrogen functional groups attached to an aromatic ring is 1. The summed E-state index contributed by atoms with van der Waals surface area (Å²) in [6, 6.07) is 10.5. The van der Waals surface area contributed by atoms with E-state index >= 15 is 0 Å². The van der Waals surface area contributed by atoms with Crippen LogP contribution >= 0.6 is 0 Å². The Bertz CT molecular complexity index is 1600. The molecule has 0 aliphatic heterocycles. The lowest BCUT2D eigenvalue weighted by atomic mass is 10.0. The molecule has 0 saturated heterocycles. The molecule has 2 aromatic carbocycles. The van der Waals surface area contributed by atoms with Crippen molar-refractivity contribution in [3.8, 4) is 5.75 Å². The summed E-state index contributed by atoms with van der Waals surface area (Å²) in [6.45, 7) is 2.74. The molecule has 14 nitrogen and oxygen atoms in total. The lowest BCUT2D eigenvalue weighted by Crippen LogP contribution is -2.47. The van der Waals surface area contributed by atoms with Gasteiger partial charge in [0.15, 0.2) is 5.96 Å². The minimum Gasteiger partial charge on any atom is -0.508 e. The lowest BCUT2D eigenvalue weighted by molar-refractivity contribution is -0.127. The molecular weight excluding hydrogens is 582 g/mol. The van der Waals surface area contributed by atoms with Gasteiger partial charge in [-0.25, -0.2) is 4.79 Å². The maximum absolute atomic E-state index is 12.8. The van der Waals surface area contributed by atoms with E-state index in [1.54, 1.807) is 43.3 Å². The SMILES string of the molecule is Cc1c(CC(=O)NCCOCCNC(=O)[C@H](CCCN=C(N)N)NC(=O)/C=C\c2ccc(O)cc2)c(=O)oc2cc(N)ccc12. The van der Waals surface area contributed by atoms with Gasteiger partial charge in [-0.05, 0) is 61.2 Å². The van der Waals surface area contributed by atoms with Crippen molar-refractivity contribution in [1.82, 2.24) is 16.0 Å². The van der Waals surface area contributed by atoms with Crippen LogP contribution in [0.15, 0.2) is 62.7 Å². The number of amides is 3. The zero-order chi connectivity index (χ0) is 32.8. The summed E-state index contributed by atoms with van der Waals surface area (Å²) in [6.07, 6.45) is 3.44. The number of aliphatic imine (C=N–C) groups is 1. The molecule has 10 N–H and O–H groups in total. The lowest BCUT2D eigenvalue weighted by Gasteiger charge is -2.17. The number of ether oxygens (including phenoxy) is 1. The Kier molecular flexibility index (Phi) is 12.9. The molecule has 240 valence electrons. The minimum absolute atomic E-state index is 0.0642. The molecule has 0 saturated carbocycles. The van der Waals surface area contributed by atoms with E-state index in [0.29, 0.717) is 40.7 Å². The number of hydrogen-bond donors (Lipinski definition) is 7. The Hall–Kier alpha value is -5.37. The quantitative estimate of drug-likeness (QED) is 0.0291. The van der Waals surface area contributed by atoms with Gasteiger partial charge in [0.05, 0.1) is 25.2 Å². The molecule has 3 amide bonds. The van der Waals surface area contributed by atoms with Gasteiger partial charge in [-0.3, -0.25) is 19.4 Å². The second kappa shape index (κ2) is 17.1. The topological polar surface area (TPSA) is 237 Å². The van der Waals surface area contributed by atoms with Crippen LogP contribution in [-0.4, -0.2) is 67.7 Å². The number of phenols is 1. The smallest absolute Gasteiger partial charge is 0.340 e. The number of phenolic OH excluding ortho intramolecular Hbond substituents is 1. The van der Waals surface area contributed by atoms with Crippen LogP contribution < -0.4 is 38.8 Å². The number of hydrogen-bond acceptors (Lipinski definition) is 9. The highest BCUT2D eigenvalue weighted by atomic mass is 16.5. The molecule has 1 atom stereocenters. The Labute approximate surface area is 259 Å². The number of anilines is 1. The van der Waals surface area contributed by atoms with Crippen LogP contribution in [0.3, 0.4) is 0 Å². The largest absolute Gasteiger partial charge is 0.508 e. The van der Waals surface area contributed by atoms with Crippen LogP contribution in [0.25, 0.3) is 17.0 Å². The Morgan fingerprint density at radius 1 is 1.07 bits per heavy atom. The first-order valence-electron chi connectivity index (χ1n) is 14.3. The number of rotatable bonds is 16. The van der Waals surface area contributed by atoms with E-state index in [2.05, 4.69) is 20.9 Å². The summed E-state index contributed by atoms with van der Waals surface area (Å²) >= 11 is 0. The number of nitrogens with zero attached hydrogens (tertiary/aromatic N) is 1. The van der Waals surface area contributed by atoms with Crippen molar-refractivity contribution in [1.29, 1.82) is 0 Å². The van der Waals surface area contributed by atoms with E-state index in [4.69, 9.17) is 26.4 Å². The number of carbonyl (C=O) groups is 3. The molecule has 0 bridgehead atoms. The molecule has 0 fully saturated rings. The van der Waals surface area contributed by atoms with Crippen LogP contribution in [0.2, 0.25) is 0 Å². The van der Waals surface area contributed by atoms with Crippen molar-refractivity contribution < 1.29 is 28.6 Å². The van der Waals surface area contributed by atoms with Crippen molar-refractivity contribution in [3.05, 3.63) is 75.7 Å². The van der Waals surface area contributed by atoms with E-state index in [9.17, 15) is 24.3 Å². The van der Waals surface area contributed by atoms with Gasteiger partial charge >= 0.3 is 5.63 Å². The van der Waals surface area contributed by atoms with Crippen molar-refractivity contribution in [2.45, 2.75) is 32.2 Å². The van der Waals surface area contributed by atoms with E-state index in [1.807, 2.05) is 0 Å².